The summed E-state index contributed by atoms with van der Waals surface area (Å²) in [5.41, 5.74) is 1.93. The summed E-state index contributed by atoms with van der Waals surface area (Å²) in [4.78, 5) is 11.3. The number of rotatable bonds is 5. The van der Waals surface area contributed by atoms with Crippen molar-refractivity contribution >= 4 is 29.8 Å². The molecule has 174 valence electrons. The van der Waals surface area contributed by atoms with E-state index in [0.717, 1.165) is 15.8 Å². The van der Waals surface area contributed by atoms with Crippen LogP contribution in [0.25, 0.3) is 0 Å². The van der Waals surface area contributed by atoms with E-state index in [1.807, 2.05) is 37.3 Å². The first-order chi connectivity index (χ1) is 16.6. The van der Waals surface area contributed by atoms with Crippen molar-refractivity contribution in [3.05, 3.63) is 136 Å². The number of carbonyl (C=O) groups is 1. The maximum absolute atomic E-state index is 11.3. The van der Waals surface area contributed by atoms with Crippen molar-refractivity contribution in [3.8, 4) is 0 Å². The predicted molar refractivity (Wildman–Crippen MR) is 138 cm³/mol. The van der Waals surface area contributed by atoms with Crippen LogP contribution < -0.4 is 15.9 Å². The van der Waals surface area contributed by atoms with Crippen LogP contribution in [0, 0.1) is 0 Å². The van der Waals surface area contributed by atoms with Crippen molar-refractivity contribution in [1.29, 1.82) is 0 Å². The van der Waals surface area contributed by atoms with Crippen LogP contribution >= 0.6 is 7.92 Å². The Morgan fingerprint density at radius 2 is 1.06 bits per heavy atom. The number of carbonyl (C=O) groups excluding carboxylic acids is 1. The molecule has 0 aliphatic carbocycles. The molecule has 0 saturated heterocycles. The molecule has 0 radical (unpaired) electrons. The molecular weight excluding hydrogens is 620 g/mol. The summed E-state index contributed by atoms with van der Waals surface area (Å²) in [5.74, 6) is -0.187. The zero-order chi connectivity index (χ0) is 23.8. The second-order valence-electron chi connectivity index (χ2n) is 7.86. The molecule has 4 aromatic carbocycles. The molecule has 0 spiro atoms. The van der Waals surface area contributed by atoms with Crippen LogP contribution in [-0.2, 0) is 37.0 Å². The van der Waals surface area contributed by atoms with Crippen molar-refractivity contribution in [2.24, 2.45) is 0 Å². The van der Waals surface area contributed by atoms with Gasteiger partial charge in [-0.15, -0.1) is 0 Å². The molecule has 34 heavy (non-hydrogen) atoms. The van der Waals surface area contributed by atoms with Gasteiger partial charge in [-0.05, 0) is 23.8 Å². The second kappa shape index (κ2) is 12.1. The van der Waals surface area contributed by atoms with E-state index in [2.05, 4.69) is 112 Å². The molecule has 1 aliphatic rings. The summed E-state index contributed by atoms with van der Waals surface area (Å²) in [6, 6.07) is 42.4. The number of hydrogen-bond acceptors (Lipinski definition) is 2. The minimum atomic E-state index is -0.446. The number of hydrogen-bond donors (Lipinski definition) is 0. The van der Waals surface area contributed by atoms with Gasteiger partial charge < -0.3 is 0 Å². The number of ether oxygens (including phenoxy) is 1. The maximum Gasteiger partial charge on any atom is -0.0134 e. The first-order valence-electron chi connectivity index (χ1n) is 11.2. The van der Waals surface area contributed by atoms with Crippen LogP contribution in [0.3, 0.4) is 0 Å². The Labute approximate surface area is 215 Å². The van der Waals surface area contributed by atoms with Crippen LogP contribution in [-0.4, -0.2) is 12.1 Å². The molecule has 4 heteroatoms. The molecule has 0 fully saturated rings. The molecule has 1 atom stereocenters. The van der Waals surface area contributed by atoms with Crippen molar-refractivity contribution in [3.63, 3.8) is 0 Å². The third kappa shape index (κ3) is 6.23. The zero-order valence-corrected chi connectivity index (χ0v) is 22.0. The van der Waals surface area contributed by atoms with E-state index in [1.165, 1.54) is 21.5 Å². The van der Waals surface area contributed by atoms with Gasteiger partial charge in [0.05, 0.1) is 0 Å². The fourth-order valence-corrected chi connectivity index (χ4v) is 6.60. The Morgan fingerprint density at radius 1 is 0.676 bits per heavy atom. The average Bonchev–Trinajstić information content (AvgIpc) is 3.13. The fourth-order valence-electron chi connectivity index (χ4n) is 3.73. The number of benzene rings is 4. The normalized spacial score (nSPS) is 15.1. The first kappa shape index (κ1) is 24.4. The van der Waals surface area contributed by atoms with Crippen LogP contribution in [0.5, 0.6) is 0 Å². The van der Waals surface area contributed by atoms with Crippen LogP contribution in [0.15, 0.2) is 131 Å². The van der Waals surface area contributed by atoms with E-state index in [9.17, 15) is 4.79 Å². The van der Waals surface area contributed by atoms with E-state index >= 15 is 0 Å². The summed E-state index contributed by atoms with van der Waals surface area (Å²) < 4.78 is 6.27. The SMILES string of the molecule is CC1=[C]([Au])C(Cc2ccccc2)OC1=O.c1ccc(P(c2ccccc2)c2ccccc2)cc1. The van der Waals surface area contributed by atoms with Gasteiger partial charge in [0.1, 0.15) is 0 Å². The fraction of sp³-hybridized carbons (Fsp3) is 0.100. The van der Waals surface area contributed by atoms with Gasteiger partial charge in [-0.25, -0.2) is 0 Å². The van der Waals surface area contributed by atoms with Crippen LogP contribution in [0.4, 0.5) is 0 Å². The quantitative estimate of drug-likeness (QED) is 0.165. The van der Waals surface area contributed by atoms with Crippen molar-refractivity contribution in [2.45, 2.75) is 19.4 Å². The van der Waals surface area contributed by atoms with Crippen molar-refractivity contribution in [2.75, 3.05) is 0 Å². The van der Waals surface area contributed by atoms with E-state index < -0.39 is 7.92 Å². The molecule has 0 N–H and O–H groups in total. The van der Waals surface area contributed by atoms with Gasteiger partial charge in [0.2, 0.25) is 0 Å². The van der Waals surface area contributed by atoms with E-state index in [4.69, 9.17) is 4.74 Å². The third-order valence-electron chi connectivity index (χ3n) is 5.45. The molecule has 2 nitrogen and oxygen atoms in total. The molecule has 1 unspecified atom stereocenters. The van der Waals surface area contributed by atoms with Gasteiger partial charge in [-0.1, -0.05) is 91.0 Å². The summed E-state index contributed by atoms with van der Waals surface area (Å²) in [5, 5.41) is 4.19. The zero-order valence-electron chi connectivity index (χ0n) is 18.9. The molecule has 1 aliphatic heterocycles. The van der Waals surface area contributed by atoms with Gasteiger partial charge in [0, 0.05) is 0 Å². The van der Waals surface area contributed by atoms with E-state index in [-0.39, 0.29) is 12.1 Å². The Bertz CT molecular complexity index is 1130. The molecular formula is C30H26AuO2P. The molecule has 5 rings (SSSR count). The minimum Gasteiger partial charge on any atom is -0.0622 e. The molecule has 0 amide bonds. The van der Waals surface area contributed by atoms with E-state index in [1.54, 1.807) is 0 Å². The van der Waals surface area contributed by atoms with Gasteiger partial charge in [0.25, 0.3) is 0 Å². The molecule has 1 heterocycles. The number of cyclic esters (lactones) is 1. The Kier molecular flexibility index (Phi) is 8.68. The first-order valence-corrected chi connectivity index (χ1v) is 13.6. The minimum absolute atomic E-state index is 0.0942. The summed E-state index contributed by atoms with van der Waals surface area (Å²) >= 11 is 2.39. The van der Waals surface area contributed by atoms with Gasteiger partial charge >= 0.3 is 101 Å². The molecule has 0 aromatic heterocycles. The summed E-state index contributed by atoms with van der Waals surface area (Å²) in [7, 11) is -0.446. The Balaban J connectivity index is 0.000000166. The van der Waals surface area contributed by atoms with Gasteiger partial charge in [0.15, 0.2) is 0 Å². The van der Waals surface area contributed by atoms with Crippen molar-refractivity contribution < 1.29 is 30.6 Å². The van der Waals surface area contributed by atoms with Crippen LogP contribution in [0.2, 0.25) is 0 Å². The third-order valence-corrected chi connectivity index (χ3v) is 9.40. The van der Waals surface area contributed by atoms with Crippen molar-refractivity contribution in [1.82, 2.24) is 0 Å². The average molecular weight is 646 g/mol. The predicted octanol–water partition coefficient (Wildman–Crippen LogP) is 5.42. The Morgan fingerprint density at radius 3 is 1.41 bits per heavy atom. The van der Waals surface area contributed by atoms with E-state index in [0.29, 0.717) is 0 Å². The Hall–Kier alpha value is -2.74. The molecule has 0 saturated carbocycles. The molecule has 0 bridgehead atoms. The smallest absolute Gasteiger partial charge is 0.0134 e. The second-order valence-corrected chi connectivity index (χ2v) is 11.2. The summed E-state index contributed by atoms with van der Waals surface area (Å²) in [6.45, 7) is 1.81. The van der Waals surface area contributed by atoms with Crippen LogP contribution in [0.1, 0.15) is 12.5 Å². The maximum atomic E-state index is 11.3. The van der Waals surface area contributed by atoms with Gasteiger partial charge in [-0.2, -0.15) is 0 Å². The monoisotopic (exact) mass is 646 g/mol. The van der Waals surface area contributed by atoms with Gasteiger partial charge in [-0.3, -0.25) is 0 Å². The molecule has 4 aromatic rings. The topological polar surface area (TPSA) is 26.3 Å². The largest absolute Gasteiger partial charge is 0.0622 e. The summed E-state index contributed by atoms with van der Waals surface area (Å²) in [6.07, 6.45) is 0.665. The number of esters is 1. The standard InChI is InChI=1S/C18H15P.C12H11O2.Au/c1-4-10-16(11-5-1)19(17-12-6-2-7-13-17)18-14-8-3-9-15-18;1-9-7-11(14-12(9)13)8-10-5-3-2-4-6-10;/h1-15H;2-6,11H,8H2,1H3;.